The molecule has 0 radical (unpaired) electrons. The molecule has 0 heterocycles. The summed E-state index contributed by atoms with van der Waals surface area (Å²) in [7, 11) is 4.64. The van der Waals surface area contributed by atoms with E-state index in [1.54, 1.807) is 0 Å². The van der Waals surface area contributed by atoms with Crippen LogP contribution in [0.4, 0.5) is 0 Å². The van der Waals surface area contributed by atoms with Gasteiger partial charge >= 0.3 is 28.7 Å². The van der Waals surface area contributed by atoms with Crippen molar-refractivity contribution >= 4 is 9.30 Å². The summed E-state index contributed by atoms with van der Waals surface area (Å²) in [6.45, 7) is 5.50. The van der Waals surface area contributed by atoms with Gasteiger partial charge in [-0.1, -0.05) is 6.92 Å². The average molecular weight is 257 g/mol. The molecular weight excluding hydrogens is 239 g/mol. The molecule has 0 spiro atoms. The van der Waals surface area contributed by atoms with Gasteiger partial charge in [0.15, 0.2) is 0 Å². The molecule has 2 aliphatic rings. The van der Waals surface area contributed by atoms with Gasteiger partial charge in [0.1, 0.15) is 0 Å². The number of hydrogen-bond donors (Lipinski definition) is 0. The van der Waals surface area contributed by atoms with Crippen molar-refractivity contribution in [2.24, 2.45) is 0 Å². The van der Waals surface area contributed by atoms with Crippen LogP contribution in [0.15, 0.2) is 36.5 Å². The number of rotatable bonds is 0. The first-order chi connectivity index (χ1) is 7.41. The molecule has 2 rings (SSSR count). The molecule has 0 N–H and O–H groups in total. The minimum atomic E-state index is 1.00. The topological polar surface area (TPSA) is 0 Å². The number of allylic oxidation sites excluding steroid dienone is 8. The molecule has 0 amide bonds. The van der Waals surface area contributed by atoms with E-state index in [9.17, 15) is 0 Å². The third-order valence-electron chi connectivity index (χ3n) is 1.17. The summed E-state index contributed by atoms with van der Waals surface area (Å²) in [6, 6.07) is 0. The van der Waals surface area contributed by atoms with Crippen LogP contribution in [0.5, 0.6) is 0 Å². The van der Waals surface area contributed by atoms with Crippen LogP contribution in [-0.2, 0) is 19.4 Å². The summed E-state index contributed by atoms with van der Waals surface area (Å²) in [5.41, 5.74) is 0. The molecule has 0 fully saturated rings. The molecule has 2 aliphatic carbocycles. The Morgan fingerprint density at radius 1 is 1.13 bits per heavy atom. The van der Waals surface area contributed by atoms with E-state index in [0.29, 0.717) is 0 Å². The van der Waals surface area contributed by atoms with E-state index >= 15 is 0 Å². The third-order valence-corrected chi connectivity index (χ3v) is 1.17. The predicted octanol–water partition coefficient (Wildman–Crippen LogP) is 4.53. The van der Waals surface area contributed by atoms with Crippen LogP contribution in [0.1, 0.15) is 26.2 Å². The van der Waals surface area contributed by atoms with E-state index in [1.165, 1.54) is 19.4 Å². The van der Waals surface area contributed by atoms with E-state index < -0.39 is 0 Å². The van der Waals surface area contributed by atoms with Crippen LogP contribution < -0.4 is 0 Å². The maximum atomic E-state index is 4.64. The van der Waals surface area contributed by atoms with Crippen LogP contribution in [0, 0.1) is 19.1 Å². The predicted molar refractivity (Wildman–Crippen MR) is 64.6 cm³/mol. The molecule has 0 atom stereocenters. The van der Waals surface area contributed by atoms with Crippen molar-refractivity contribution in [1.82, 2.24) is 0 Å². The van der Waals surface area contributed by atoms with Gasteiger partial charge in [-0.2, -0.15) is 18.6 Å². The first-order valence-electron chi connectivity index (χ1n) is 4.83. The van der Waals surface area contributed by atoms with Gasteiger partial charge in [-0.25, -0.2) is 24.3 Å². The quantitative estimate of drug-likeness (QED) is 0.441. The fraction of sp³-hybridized carbons (Fsp3) is 0.308. The second kappa shape index (κ2) is 19.5. The molecule has 0 aromatic rings. The van der Waals surface area contributed by atoms with Crippen LogP contribution in [0.25, 0.3) is 0 Å². The molecule has 0 aromatic heterocycles. The van der Waals surface area contributed by atoms with Crippen molar-refractivity contribution in [2.45, 2.75) is 26.2 Å². The fourth-order valence-electron chi connectivity index (χ4n) is 0.680. The van der Waals surface area contributed by atoms with E-state index in [-0.39, 0.29) is 0 Å². The minimum absolute atomic E-state index is 1.00. The summed E-state index contributed by atoms with van der Waals surface area (Å²) in [5.74, 6) is 0. The molecule has 0 saturated carbocycles. The summed E-state index contributed by atoms with van der Waals surface area (Å²) in [6.07, 6.45) is 21.0. The van der Waals surface area contributed by atoms with E-state index in [2.05, 4.69) is 40.5 Å². The Morgan fingerprint density at radius 3 is 1.53 bits per heavy atom. The number of halogens is 1. The molecule has 0 aliphatic heterocycles. The third kappa shape index (κ3) is 20.1. The number of hydrogen-bond acceptors (Lipinski definition) is 0. The fourth-order valence-corrected chi connectivity index (χ4v) is 0.680. The van der Waals surface area contributed by atoms with Crippen molar-refractivity contribution in [3.8, 4) is 0 Å². The van der Waals surface area contributed by atoms with Crippen molar-refractivity contribution < 1.29 is 19.4 Å². The zero-order chi connectivity index (χ0) is 11.8. The molecule has 0 aromatic carbocycles. The SMILES string of the molecule is [C-]1=CC=CC1.[C-]1=CC=CC1.[CH2-]CC.[Cl][Ti+3]. The van der Waals surface area contributed by atoms with Crippen LogP contribution in [0.2, 0.25) is 0 Å². The van der Waals surface area contributed by atoms with Crippen molar-refractivity contribution in [2.75, 3.05) is 0 Å². The molecule has 80 valence electrons. The Labute approximate surface area is 110 Å². The van der Waals surface area contributed by atoms with Gasteiger partial charge in [-0.15, -0.1) is 12.8 Å². The Balaban J connectivity index is 0. The van der Waals surface area contributed by atoms with Gasteiger partial charge < -0.3 is 6.92 Å². The Kier molecular flexibility index (Phi) is 22.6. The summed E-state index contributed by atoms with van der Waals surface area (Å²) < 4.78 is 0. The van der Waals surface area contributed by atoms with Gasteiger partial charge in [0.2, 0.25) is 0 Å². The monoisotopic (exact) mass is 256 g/mol. The maximum absolute atomic E-state index is 4.64. The van der Waals surface area contributed by atoms with E-state index in [1.807, 2.05) is 31.2 Å². The molecule has 0 nitrogen and oxygen atoms in total. The molecule has 0 unspecified atom stereocenters. The normalized spacial score (nSPS) is 13.4. The molecule has 0 bridgehead atoms. The van der Waals surface area contributed by atoms with Crippen LogP contribution in [0.3, 0.4) is 0 Å². The van der Waals surface area contributed by atoms with Gasteiger partial charge in [0.05, 0.1) is 0 Å². The Bertz CT molecular complexity index is 161. The molecular formula is C13H17ClTi. The summed E-state index contributed by atoms with van der Waals surface area (Å²) in [5, 5.41) is 0. The van der Waals surface area contributed by atoms with Crippen molar-refractivity contribution in [3.63, 3.8) is 0 Å². The van der Waals surface area contributed by atoms with Gasteiger partial charge in [-0.3, -0.25) is 12.2 Å². The first-order valence-corrected chi connectivity index (χ1v) is 6.98. The second-order valence-corrected chi connectivity index (χ2v) is 2.51. The van der Waals surface area contributed by atoms with Gasteiger partial charge in [-0.05, 0) is 0 Å². The summed E-state index contributed by atoms with van der Waals surface area (Å²) >= 11 is 1.47. The molecule has 2 heteroatoms. The summed E-state index contributed by atoms with van der Waals surface area (Å²) in [4.78, 5) is 0. The molecule has 0 saturated heterocycles. The zero-order valence-corrected chi connectivity index (χ0v) is 11.5. The zero-order valence-electron chi connectivity index (χ0n) is 9.17. The van der Waals surface area contributed by atoms with E-state index in [4.69, 9.17) is 0 Å². The van der Waals surface area contributed by atoms with Gasteiger partial charge in [0, 0.05) is 0 Å². The Morgan fingerprint density at radius 2 is 1.47 bits per heavy atom. The van der Waals surface area contributed by atoms with Gasteiger partial charge in [0.25, 0.3) is 0 Å². The van der Waals surface area contributed by atoms with Crippen LogP contribution in [-0.4, -0.2) is 0 Å². The van der Waals surface area contributed by atoms with Crippen molar-refractivity contribution in [3.05, 3.63) is 55.5 Å². The standard InChI is InChI=1S/2C5H5.C3H7.ClH.Ti/c2*1-2-4-5-3-1;1-3-2;;/h2*1-3H,4H2;1,3H2,2H3;1H;/q3*-1;;+4/p-1. The van der Waals surface area contributed by atoms with E-state index in [0.717, 1.165) is 19.3 Å². The first kappa shape index (κ1) is 17.4. The Hall–Kier alpha value is -0.0357. The van der Waals surface area contributed by atoms with Crippen molar-refractivity contribution in [1.29, 1.82) is 0 Å². The second-order valence-electron chi connectivity index (χ2n) is 2.51. The van der Waals surface area contributed by atoms with Crippen LogP contribution >= 0.6 is 9.30 Å². The molecule has 15 heavy (non-hydrogen) atoms. The average Bonchev–Trinajstić information content (AvgIpc) is 3.01.